The van der Waals surface area contributed by atoms with Crippen LogP contribution in [0.3, 0.4) is 0 Å². The largest absolute Gasteiger partial charge is 0.493 e. The monoisotopic (exact) mass is 386 g/mol. The molecule has 2 aromatic carbocycles. The van der Waals surface area contributed by atoms with Crippen LogP contribution in [-0.4, -0.2) is 47.9 Å². The summed E-state index contributed by atoms with van der Waals surface area (Å²) in [6.45, 7) is 6.42. The van der Waals surface area contributed by atoms with Crippen LogP contribution in [0.2, 0.25) is 0 Å². The third-order valence-corrected chi connectivity index (χ3v) is 4.29. The lowest BCUT2D eigenvalue weighted by Gasteiger charge is -2.15. The Labute approximate surface area is 166 Å². The molecule has 2 aromatic rings. The molecule has 3 N–H and O–H groups in total. The summed E-state index contributed by atoms with van der Waals surface area (Å²) >= 11 is 0. The summed E-state index contributed by atoms with van der Waals surface area (Å²) in [6, 6.07) is 15.6. The molecule has 0 fully saturated rings. The van der Waals surface area contributed by atoms with Crippen molar-refractivity contribution in [2.75, 3.05) is 26.4 Å². The molecule has 0 spiro atoms. The molecule has 5 nitrogen and oxygen atoms in total. The maximum absolute atomic E-state index is 9.38. The van der Waals surface area contributed by atoms with Gasteiger partial charge in [-0.05, 0) is 54.8 Å². The number of benzene rings is 2. The van der Waals surface area contributed by atoms with E-state index in [-0.39, 0.29) is 25.7 Å². The third-order valence-electron chi connectivity index (χ3n) is 4.29. The molecule has 2 unspecified atom stereocenters. The van der Waals surface area contributed by atoms with E-state index in [1.165, 1.54) is 5.57 Å². The van der Waals surface area contributed by atoms with Gasteiger partial charge in [0.2, 0.25) is 0 Å². The van der Waals surface area contributed by atoms with E-state index >= 15 is 0 Å². The Morgan fingerprint density at radius 2 is 1.25 bits per heavy atom. The lowest BCUT2D eigenvalue weighted by Crippen LogP contribution is -2.21. The van der Waals surface area contributed by atoms with E-state index in [4.69, 9.17) is 19.7 Å². The molecule has 0 heterocycles. The van der Waals surface area contributed by atoms with E-state index < -0.39 is 6.10 Å². The van der Waals surface area contributed by atoms with Gasteiger partial charge in [-0.15, -0.1) is 0 Å². The number of allylic oxidation sites excluding steroid dienone is 1. The van der Waals surface area contributed by atoms with Crippen LogP contribution in [-0.2, 0) is 0 Å². The number of hydrogen-bond donors (Lipinski definition) is 3. The highest BCUT2D eigenvalue weighted by molar-refractivity contribution is 5.82. The first-order valence-electron chi connectivity index (χ1n) is 9.48. The lowest BCUT2D eigenvalue weighted by molar-refractivity contribution is 0.0536. The number of ether oxygens (including phenoxy) is 2. The van der Waals surface area contributed by atoms with Gasteiger partial charge in [0.1, 0.15) is 24.2 Å². The molecule has 152 valence electrons. The van der Waals surface area contributed by atoms with Crippen LogP contribution < -0.4 is 9.47 Å². The van der Waals surface area contributed by atoms with Crippen molar-refractivity contribution in [1.29, 1.82) is 0 Å². The Morgan fingerprint density at radius 3 is 1.64 bits per heavy atom. The summed E-state index contributed by atoms with van der Waals surface area (Å²) in [7, 11) is 0. The average Bonchev–Trinajstić information content (AvgIpc) is 2.71. The standard InChI is InChI=1S/C23H30O5/c1-16(2)23(18-4-8-21(9-5-18)27-14-17(3)12-24)19-6-10-22(11-7-19)28-15-20(26)13-25/h4-11,17,20,24-26H,12-15H2,1-3H3. The van der Waals surface area contributed by atoms with Crippen molar-refractivity contribution in [2.24, 2.45) is 5.92 Å². The Balaban J connectivity index is 2.12. The Kier molecular flexibility index (Phi) is 8.51. The Bertz CT molecular complexity index is 686. The molecular weight excluding hydrogens is 356 g/mol. The van der Waals surface area contributed by atoms with Gasteiger partial charge >= 0.3 is 0 Å². The molecule has 0 saturated carbocycles. The molecule has 0 aliphatic carbocycles. The second-order valence-corrected chi connectivity index (χ2v) is 7.17. The van der Waals surface area contributed by atoms with Crippen molar-refractivity contribution in [3.8, 4) is 11.5 Å². The summed E-state index contributed by atoms with van der Waals surface area (Å²) in [4.78, 5) is 0. The molecule has 2 atom stereocenters. The Morgan fingerprint density at radius 1 is 0.786 bits per heavy atom. The van der Waals surface area contributed by atoms with E-state index in [1.807, 2.05) is 55.5 Å². The van der Waals surface area contributed by atoms with E-state index in [1.54, 1.807) is 0 Å². The second kappa shape index (κ2) is 10.9. The fraction of sp³-hybridized carbons (Fsp3) is 0.391. The first-order chi connectivity index (χ1) is 13.4. The minimum Gasteiger partial charge on any atom is -0.493 e. The molecular formula is C23H30O5. The number of hydrogen-bond acceptors (Lipinski definition) is 5. The zero-order valence-electron chi connectivity index (χ0n) is 16.8. The first-order valence-corrected chi connectivity index (χ1v) is 9.48. The van der Waals surface area contributed by atoms with E-state index in [9.17, 15) is 5.11 Å². The highest BCUT2D eigenvalue weighted by Gasteiger charge is 2.09. The smallest absolute Gasteiger partial charge is 0.119 e. The van der Waals surface area contributed by atoms with Crippen LogP contribution in [0.15, 0.2) is 54.1 Å². The zero-order valence-corrected chi connectivity index (χ0v) is 16.8. The Hall–Kier alpha value is -2.34. The fourth-order valence-corrected chi connectivity index (χ4v) is 2.72. The summed E-state index contributed by atoms with van der Waals surface area (Å²) in [5, 5.41) is 27.3. The van der Waals surface area contributed by atoms with Crippen LogP contribution in [0, 0.1) is 5.92 Å². The predicted molar refractivity (Wildman–Crippen MR) is 111 cm³/mol. The quantitative estimate of drug-likeness (QED) is 0.584. The number of rotatable bonds is 10. The predicted octanol–water partition coefficient (Wildman–Crippen LogP) is 3.27. The van der Waals surface area contributed by atoms with Crippen LogP contribution >= 0.6 is 0 Å². The normalized spacial score (nSPS) is 12.9. The SMILES string of the molecule is CC(C)=C(c1ccc(OCC(C)CO)cc1)c1ccc(OCC(O)CO)cc1. The highest BCUT2D eigenvalue weighted by atomic mass is 16.5. The van der Waals surface area contributed by atoms with E-state index in [0.717, 1.165) is 22.4 Å². The van der Waals surface area contributed by atoms with Crippen molar-refractivity contribution in [2.45, 2.75) is 26.9 Å². The van der Waals surface area contributed by atoms with Crippen molar-refractivity contribution in [1.82, 2.24) is 0 Å². The summed E-state index contributed by atoms with van der Waals surface area (Å²) in [5.41, 5.74) is 4.48. The molecule has 0 radical (unpaired) electrons. The second-order valence-electron chi connectivity index (χ2n) is 7.17. The zero-order chi connectivity index (χ0) is 20.5. The first kappa shape index (κ1) is 22.0. The number of aliphatic hydroxyl groups excluding tert-OH is 3. The highest BCUT2D eigenvalue weighted by Crippen LogP contribution is 2.29. The molecule has 0 bridgehead atoms. The van der Waals surface area contributed by atoms with Crippen LogP contribution in [0.4, 0.5) is 0 Å². The van der Waals surface area contributed by atoms with Gasteiger partial charge in [0, 0.05) is 12.5 Å². The minimum atomic E-state index is -0.880. The molecule has 0 aliphatic rings. The van der Waals surface area contributed by atoms with Gasteiger partial charge in [-0.25, -0.2) is 0 Å². The van der Waals surface area contributed by atoms with Gasteiger partial charge < -0.3 is 24.8 Å². The van der Waals surface area contributed by atoms with Gasteiger partial charge in [-0.1, -0.05) is 36.8 Å². The fourth-order valence-electron chi connectivity index (χ4n) is 2.72. The van der Waals surface area contributed by atoms with Crippen molar-refractivity contribution >= 4 is 5.57 Å². The third kappa shape index (κ3) is 6.37. The van der Waals surface area contributed by atoms with Crippen LogP contribution in [0.25, 0.3) is 5.57 Å². The van der Waals surface area contributed by atoms with Gasteiger partial charge in [-0.2, -0.15) is 0 Å². The van der Waals surface area contributed by atoms with Crippen LogP contribution in [0.1, 0.15) is 31.9 Å². The summed E-state index contributed by atoms with van der Waals surface area (Å²) in [5.74, 6) is 1.53. The molecule has 2 rings (SSSR count). The topological polar surface area (TPSA) is 79.2 Å². The van der Waals surface area contributed by atoms with Gasteiger partial charge in [0.25, 0.3) is 0 Å². The molecule has 0 aliphatic heterocycles. The van der Waals surface area contributed by atoms with Gasteiger partial charge in [0.05, 0.1) is 13.2 Å². The number of aliphatic hydroxyl groups is 3. The van der Waals surface area contributed by atoms with Gasteiger partial charge in [0.15, 0.2) is 0 Å². The van der Waals surface area contributed by atoms with E-state index in [2.05, 4.69) is 13.8 Å². The van der Waals surface area contributed by atoms with Crippen molar-refractivity contribution in [3.63, 3.8) is 0 Å². The molecule has 0 aromatic heterocycles. The molecule has 28 heavy (non-hydrogen) atoms. The van der Waals surface area contributed by atoms with Crippen molar-refractivity contribution < 1.29 is 24.8 Å². The van der Waals surface area contributed by atoms with E-state index in [0.29, 0.717) is 12.4 Å². The maximum Gasteiger partial charge on any atom is 0.119 e. The maximum atomic E-state index is 9.38. The van der Waals surface area contributed by atoms with Gasteiger partial charge in [-0.3, -0.25) is 0 Å². The minimum absolute atomic E-state index is 0.0573. The summed E-state index contributed by atoms with van der Waals surface area (Å²) in [6.07, 6.45) is -0.880. The molecule has 0 amide bonds. The lowest BCUT2D eigenvalue weighted by atomic mass is 9.94. The average molecular weight is 386 g/mol. The van der Waals surface area contributed by atoms with Crippen LogP contribution in [0.5, 0.6) is 11.5 Å². The van der Waals surface area contributed by atoms with Crippen molar-refractivity contribution in [3.05, 3.63) is 65.2 Å². The molecule has 0 saturated heterocycles. The molecule has 5 heteroatoms. The summed E-state index contributed by atoms with van der Waals surface area (Å²) < 4.78 is 11.2.